The molecule has 7 heteroatoms. The van der Waals surface area contributed by atoms with E-state index < -0.39 is 0 Å². The number of para-hydroxylation sites is 1. The number of amides is 2. The first-order valence-corrected chi connectivity index (χ1v) is 10.8. The number of hydrogen-bond donors (Lipinski definition) is 3. The summed E-state index contributed by atoms with van der Waals surface area (Å²) in [4.78, 5) is 24.6. The third-order valence-corrected chi connectivity index (χ3v) is 5.82. The Labute approximate surface area is 174 Å². The van der Waals surface area contributed by atoms with Gasteiger partial charge in [-0.05, 0) is 35.2 Å². The van der Waals surface area contributed by atoms with Crippen molar-refractivity contribution in [2.24, 2.45) is 0 Å². The van der Waals surface area contributed by atoms with E-state index in [9.17, 15) is 14.0 Å². The van der Waals surface area contributed by atoms with Crippen LogP contribution in [0, 0.1) is 5.82 Å². The van der Waals surface area contributed by atoms with E-state index in [0.29, 0.717) is 11.7 Å². The molecule has 3 rings (SSSR count). The highest BCUT2D eigenvalue weighted by molar-refractivity contribution is 7.99. The minimum Gasteiger partial charge on any atom is -0.332 e. The molecule has 1 aliphatic heterocycles. The maximum absolute atomic E-state index is 13.0. The summed E-state index contributed by atoms with van der Waals surface area (Å²) in [6.07, 6.45) is 0.473. The molecule has 2 unspecified atom stereocenters. The maximum atomic E-state index is 13.0. The highest BCUT2D eigenvalue weighted by Gasteiger charge is 2.27. The zero-order chi connectivity index (χ0) is 20.8. The van der Waals surface area contributed by atoms with Gasteiger partial charge in [-0.25, -0.2) is 4.39 Å². The summed E-state index contributed by atoms with van der Waals surface area (Å²) >= 11 is 1.50. The van der Waals surface area contributed by atoms with Crippen LogP contribution in [0.4, 0.5) is 10.1 Å². The minimum atomic E-state index is -0.290. The number of carbonyl (C=O) groups excluding carboxylic acids is 2. The first-order valence-electron chi connectivity index (χ1n) is 9.71. The Morgan fingerprint density at radius 2 is 1.93 bits per heavy atom. The molecule has 2 aromatic carbocycles. The van der Waals surface area contributed by atoms with Gasteiger partial charge in [-0.2, -0.15) is 0 Å². The second-order valence-corrected chi connectivity index (χ2v) is 8.54. The molecule has 0 spiro atoms. The zero-order valence-electron chi connectivity index (χ0n) is 16.6. The van der Waals surface area contributed by atoms with Gasteiger partial charge in [0.05, 0.1) is 0 Å². The Morgan fingerprint density at radius 3 is 2.66 bits per heavy atom. The lowest BCUT2D eigenvalue weighted by molar-refractivity contribution is -0.124. The van der Waals surface area contributed by atoms with Crippen molar-refractivity contribution in [1.29, 1.82) is 0 Å². The van der Waals surface area contributed by atoms with Crippen LogP contribution in [0.2, 0.25) is 0 Å². The van der Waals surface area contributed by atoms with Gasteiger partial charge >= 0.3 is 0 Å². The predicted molar refractivity (Wildman–Crippen MR) is 115 cm³/mol. The standard InChI is InChI=1S/C22H26FN3O2S/c1-14(2)18-5-3-4-6-19(18)25-20(27)11-17-12-21(28)26-22(24-17)29-13-15-7-9-16(23)10-8-15/h3-10,14,17,22,24H,11-13H2,1-2H3,(H,25,27)(H,26,28). The molecule has 154 valence electrons. The molecule has 1 saturated heterocycles. The third-order valence-electron chi connectivity index (χ3n) is 4.73. The zero-order valence-corrected chi connectivity index (χ0v) is 17.4. The average molecular weight is 416 g/mol. The SMILES string of the molecule is CC(C)c1ccccc1NC(=O)CC1CC(=O)NC(SCc2ccc(F)cc2)N1. The number of carbonyl (C=O) groups is 2. The van der Waals surface area contributed by atoms with Crippen molar-refractivity contribution < 1.29 is 14.0 Å². The smallest absolute Gasteiger partial charge is 0.225 e. The van der Waals surface area contributed by atoms with Crippen molar-refractivity contribution in [3.63, 3.8) is 0 Å². The lowest BCUT2D eigenvalue weighted by Crippen LogP contribution is -2.55. The van der Waals surface area contributed by atoms with Crippen molar-refractivity contribution >= 4 is 29.3 Å². The molecule has 5 nitrogen and oxygen atoms in total. The molecule has 0 bridgehead atoms. The fraction of sp³-hybridized carbons (Fsp3) is 0.364. The summed E-state index contributed by atoms with van der Waals surface area (Å²) in [5.41, 5.74) is 2.58. The molecule has 2 aromatic rings. The summed E-state index contributed by atoms with van der Waals surface area (Å²) in [6, 6.07) is 13.8. The van der Waals surface area contributed by atoms with Gasteiger partial charge in [0, 0.05) is 30.3 Å². The van der Waals surface area contributed by atoms with Crippen LogP contribution in [-0.2, 0) is 15.3 Å². The van der Waals surface area contributed by atoms with Gasteiger partial charge in [-0.1, -0.05) is 44.2 Å². The molecule has 29 heavy (non-hydrogen) atoms. The number of rotatable bonds is 7. The Kier molecular flexibility index (Phi) is 7.28. The fourth-order valence-electron chi connectivity index (χ4n) is 3.26. The first-order chi connectivity index (χ1) is 13.9. The largest absolute Gasteiger partial charge is 0.332 e. The quantitative estimate of drug-likeness (QED) is 0.640. The second kappa shape index (κ2) is 9.89. The lowest BCUT2D eigenvalue weighted by atomic mass is 10.0. The van der Waals surface area contributed by atoms with Crippen LogP contribution in [0.1, 0.15) is 43.7 Å². The molecule has 0 aliphatic carbocycles. The lowest BCUT2D eigenvalue weighted by Gasteiger charge is -2.31. The summed E-state index contributed by atoms with van der Waals surface area (Å²) in [5.74, 6) is 0.456. The van der Waals surface area contributed by atoms with Gasteiger partial charge in [-0.3, -0.25) is 14.9 Å². The third kappa shape index (κ3) is 6.30. The molecule has 1 fully saturated rings. The van der Waals surface area contributed by atoms with Crippen LogP contribution in [-0.4, -0.2) is 23.4 Å². The monoisotopic (exact) mass is 415 g/mol. The van der Waals surface area contributed by atoms with Gasteiger partial charge < -0.3 is 10.6 Å². The molecule has 1 aliphatic rings. The van der Waals surface area contributed by atoms with E-state index in [0.717, 1.165) is 16.8 Å². The van der Waals surface area contributed by atoms with Gasteiger partial charge in [0.25, 0.3) is 0 Å². The van der Waals surface area contributed by atoms with E-state index in [1.165, 1.54) is 23.9 Å². The highest BCUT2D eigenvalue weighted by atomic mass is 32.2. The molecule has 0 radical (unpaired) electrons. The van der Waals surface area contributed by atoms with Crippen molar-refractivity contribution in [1.82, 2.24) is 10.6 Å². The van der Waals surface area contributed by atoms with E-state index in [1.807, 2.05) is 24.3 Å². The van der Waals surface area contributed by atoms with Gasteiger partial charge in [0.2, 0.25) is 11.8 Å². The maximum Gasteiger partial charge on any atom is 0.225 e. The topological polar surface area (TPSA) is 70.2 Å². The van der Waals surface area contributed by atoms with Crippen molar-refractivity contribution in [3.8, 4) is 0 Å². The molecule has 0 aromatic heterocycles. The number of benzene rings is 2. The first kappa shape index (κ1) is 21.3. The molecular weight excluding hydrogens is 389 g/mol. The Morgan fingerprint density at radius 1 is 1.21 bits per heavy atom. The van der Waals surface area contributed by atoms with Gasteiger partial charge in [-0.15, -0.1) is 11.8 Å². The number of halogens is 1. The molecular formula is C22H26FN3O2S. The predicted octanol–water partition coefficient (Wildman–Crippen LogP) is 3.97. The Hall–Kier alpha value is -2.38. The molecule has 0 saturated carbocycles. The van der Waals surface area contributed by atoms with E-state index in [1.54, 1.807) is 12.1 Å². The number of nitrogens with one attached hydrogen (secondary N) is 3. The summed E-state index contributed by atoms with van der Waals surface area (Å²) < 4.78 is 13.0. The Balaban J connectivity index is 1.54. The highest BCUT2D eigenvalue weighted by Crippen LogP contribution is 2.24. The van der Waals surface area contributed by atoms with Crippen LogP contribution >= 0.6 is 11.8 Å². The van der Waals surface area contributed by atoms with E-state index in [4.69, 9.17) is 0 Å². The van der Waals surface area contributed by atoms with Crippen LogP contribution in [0.15, 0.2) is 48.5 Å². The van der Waals surface area contributed by atoms with Crippen LogP contribution < -0.4 is 16.0 Å². The summed E-state index contributed by atoms with van der Waals surface area (Å²) in [7, 11) is 0. The average Bonchev–Trinajstić information content (AvgIpc) is 2.67. The van der Waals surface area contributed by atoms with Crippen LogP contribution in [0.25, 0.3) is 0 Å². The fourth-order valence-corrected chi connectivity index (χ4v) is 4.32. The molecule has 3 N–H and O–H groups in total. The van der Waals surface area contributed by atoms with Crippen molar-refractivity contribution in [3.05, 3.63) is 65.5 Å². The summed E-state index contributed by atoms with van der Waals surface area (Å²) in [6.45, 7) is 4.17. The van der Waals surface area contributed by atoms with E-state index in [2.05, 4.69) is 29.8 Å². The van der Waals surface area contributed by atoms with Gasteiger partial charge in [0.1, 0.15) is 11.3 Å². The minimum absolute atomic E-state index is 0.0827. The molecule has 1 heterocycles. The molecule has 2 atom stereocenters. The van der Waals surface area contributed by atoms with E-state index >= 15 is 0 Å². The normalized spacial score (nSPS) is 19.1. The number of thioether (sulfide) groups is 1. The number of anilines is 1. The number of hydrogen-bond acceptors (Lipinski definition) is 4. The van der Waals surface area contributed by atoms with Gasteiger partial charge in [0.15, 0.2) is 0 Å². The summed E-state index contributed by atoms with van der Waals surface area (Å²) in [5, 5.41) is 9.18. The van der Waals surface area contributed by atoms with E-state index in [-0.39, 0.29) is 42.0 Å². The second-order valence-electron chi connectivity index (χ2n) is 7.45. The van der Waals surface area contributed by atoms with Crippen LogP contribution in [0.3, 0.4) is 0 Å². The van der Waals surface area contributed by atoms with Crippen molar-refractivity contribution in [2.75, 3.05) is 5.32 Å². The molecule has 2 amide bonds. The Bertz CT molecular complexity index is 857. The van der Waals surface area contributed by atoms with Crippen molar-refractivity contribution in [2.45, 2.75) is 49.9 Å². The van der Waals surface area contributed by atoms with Crippen LogP contribution in [0.5, 0.6) is 0 Å².